The summed E-state index contributed by atoms with van der Waals surface area (Å²) in [4.78, 5) is 22.6. The molecule has 0 heterocycles. The topological polar surface area (TPSA) is 58.2 Å². The van der Waals surface area contributed by atoms with E-state index in [4.69, 9.17) is 0 Å². The van der Waals surface area contributed by atoms with Crippen LogP contribution in [0.2, 0.25) is 0 Å². The summed E-state index contributed by atoms with van der Waals surface area (Å²) < 4.78 is 0. The molecule has 0 aromatic carbocycles. The average molecular weight is 226 g/mol. The van der Waals surface area contributed by atoms with Crippen LogP contribution in [-0.4, -0.2) is 23.9 Å². The first-order valence-electron chi connectivity index (χ1n) is 6.06. The predicted molar refractivity (Wildman–Crippen MR) is 63.2 cm³/mol. The van der Waals surface area contributed by atoms with Gasteiger partial charge in [-0.3, -0.25) is 4.79 Å². The molecule has 0 radical (unpaired) electrons. The number of carbonyl (C=O) groups excluding carboxylic acids is 2. The zero-order chi connectivity index (χ0) is 12.1. The van der Waals surface area contributed by atoms with Gasteiger partial charge in [-0.2, -0.15) is 0 Å². The number of amides is 2. The van der Waals surface area contributed by atoms with Crippen molar-refractivity contribution >= 4 is 11.8 Å². The number of urea groups is 1. The molecule has 0 aromatic heterocycles. The second kappa shape index (κ2) is 5.87. The lowest BCUT2D eigenvalue weighted by atomic mass is 9.84. The summed E-state index contributed by atoms with van der Waals surface area (Å²) in [5.74, 6) is 0.497. The maximum Gasteiger partial charge on any atom is 0.315 e. The lowest BCUT2D eigenvalue weighted by Crippen LogP contribution is -2.46. The van der Waals surface area contributed by atoms with Crippen LogP contribution in [0, 0.1) is 5.92 Å². The Balaban J connectivity index is 2.26. The van der Waals surface area contributed by atoms with Crippen molar-refractivity contribution in [3.8, 4) is 0 Å². The summed E-state index contributed by atoms with van der Waals surface area (Å²) in [6.45, 7) is 5.53. The monoisotopic (exact) mass is 226 g/mol. The van der Waals surface area contributed by atoms with Gasteiger partial charge in [0.25, 0.3) is 0 Å². The molecule has 1 rings (SSSR count). The van der Waals surface area contributed by atoms with Crippen LogP contribution in [0.5, 0.6) is 0 Å². The van der Waals surface area contributed by atoms with Gasteiger partial charge in [-0.25, -0.2) is 4.79 Å². The Morgan fingerprint density at radius 2 is 1.69 bits per heavy atom. The van der Waals surface area contributed by atoms with E-state index >= 15 is 0 Å². The molecule has 0 aliphatic heterocycles. The van der Waals surface area contributed by atoms with Crippen LogP contribution in [0.15, 0.2) is 0 Å². The number of rotatable bonds is 3. The first-order chi connectivity index (χ1) is 7.49. The standard InChI is InChI=1S/C12H22N2O2/c1-8(2)13-12(16)14-11-6-4-10(5-7-11)9(3)15/h8,10-11H,4-7H2,1-3H3,(H2,13,14,16). The minimum Gasteiger partial charge on any atom is -0.336 e. The van der Waals surface area contributed by atoms with Gasteiger partial charge in [0.15, 0.2) is 0 Å². The molecule has 0 atom stereocenters. The molecule has 0 unspecified atom stereocenters. The van der Waals surface area contributed by atoms with Gasteiger partial charge in [-0.05, 0) is 46.5 Å². The van der Waals surface area contributed by atoms with Crippen LogP contribution in [0.4, 0.5) is 4.79 Å². The van der Waals surface area contributed by atoms with Gasteiger partial charge >= 0.3 is 6.03 Å². The Morgan fingerprint density at radius 3 is 2.12 bits per heavy atom. The van der Waals surface area contributed by atoms with Crippen molar-refractivity contribution in [2.75, 3.05) is 0 Å². The summed E-state index contributed by atoms with van der Waals surface area (Å²) in [6, 6.07) is 0.296. The van der Waals surface area contributed by atoms with Crippen molar-refractivity contribution in [2.45, 2.75) is 58.5 Å². The number of hydrogen-bond acceptors (Lipinski definition) is 2. The molecule has 0 aromatic rings. The zero-order valence-electron chi connectivity index (χ0n) is 10.4. The van der Waals surface area contributed by atoms with Crippen LogP contribution < -0.4 is 10.6 Å². The van der Waals surface area contributed by atoms with Gasteiger partial charge in [0, 0.05) is 18.0 Å². The van der Waals surface area contributed by atoms with Gasteiger partial charge in [0.2, 0.25) is 0 Å². The van der Waals surface area contributed by atoms with E-state index in [0.717, 1.165) is 25.7 Å². The molecule has 2 N–H and O–H groups in total. The number of Topliss-reactive ketones (excluding diaryl/α,β-unsaturated/α-hetero) is 1. The highest BCUT2D eigenvalue weighted by Gasteiger charge is 2.24. The van der Waals surface area contributed by atoms with Crippen molar-refractivity contribution in [3.05, 3.63) is 0 Å². The quantitative estimate of drug-likeness (QED) is 0.771. The van der Waals surface area contributed by atoms with E-state index in [1.165, 1.54) is 0 Å². The molecule has 1 aliphatic rings. The van der Waals surface area contributed by atoms with Gasteiger partial charge < -0.3 is 10.6 Å². The largest absolute Gasteiger partial charge is 0.336 e. The molecule has 4 nitrogen and oxygen atoms in total. The van der Waals surface area contributed by atoms with Crippen LogP contribution in [-0.2, 0) is 4.79 Å². The van der Waals surface area contributed by atoms with Crippen LogP contribution in [0.25, 0.3) is 0 Å². The van der Waals surface area contributed by atoms with Gasteiger partial charge in [-0.1, -0.05) is 0 Å². The molecule has 92 valence electrons. The predicted octanol–water partition coefficient (Wildman–Crippen LogP) is 1.84. The van der Waals surface area contributed by atoms with E-state index in [0.29, 0.717) is 0 Å². The zero-order valence-corrected chi connectivity index (χ0v) is 10.4. The molecule has 4 heteroatoms. The van der Waals surface area contributed by atoms with Crippen molar-refractivity contribution in [1.29, 1.82) is 0 Å². The first-order valence-corrected chi connectivity index (χ1v) is 6.06. The summed E-state index contributed by atoms with van der Waals surface area (Å²) in [7, 11) is 0. The SMILES string of the molecule is CC(=O)C1CCC(NC(=O)NC(C)C)CC1. The van der Waals surface area contributed by atoms with E-state index < -0.39 is 0 Å². The van der Waals surface area contributed by atoms with Gasteiger partial charge in [0.1, 0.15) is 5.78 Å². The minimum atomic E-state index is -0.0960. The Bertz CT molecular complexity index is 256. The molecule has 1 fully saturated rings. The molecule has 1 aliphatic carbocycles. The Hall–Kier alpha value is -1.06. The summed E-state index contributed by atoms with van der Waals surface area (Å²) in [5.41, 5.74) is 0. The molecule has 16 heavy (non-hydrogen) atoms. The molecule has 1 saturated carbocycles. The van der Waals surface area contributed by atoms with Crippen molar-refractivity contribution in [3.63, 3.8) is 0 Å². The molecule has 0 saturated heterocycles. The van der Waals surface area contributed by atoms with Crippen LogP contribution >= 0.6 is 0 Å². The average Bonchev–Trinajstić information content (AvgIpc) is 2.16. The van der Waals surface area contributed by atoms with Crippen LogP contribution in [0.1, 0.15) is 46.5 Å². The van der Waals surface area contributed by atoms with E-state index in [9.17, 15) is 9.59 Å². The Labute approximate surface area is 97.2 Å². The van der Waals surface area contributed by atoms with Crippen molar-refractivity contribution in [1.82, 2.24) is 10.6 Å². The maximum atomic E-state index is 11.4. The van der Waals surface area contributed by atoms with Crippen molar-refractivity contribution in [2.24, 2.45) is 5.92 Å². The Kier molecular flexibility index (Phi) is 4.77. The fourth-order valence-electron chi connectivity index (χ4n) is 2.13. The maximum absolute atomic E-state index is 11.4. The summed E-state index contributed by atoms with van der Waals surface area (Å²) in [5, 5.41) is 5.76. The van der Waals surface area contributed by atoms with E-state index in [1.807, 2.05) is 13.8 Å². The van der Waals surface area contributed by atoms with E-state index in [1.54, 1.807) is 6.92 Å². The summed E-state index contributed by atoms with van der Waals surface area (Å²) in [6.07, 6.45) is 3.63. The minimum absolute atomic E-state index is 0.0960. The van der Waals surface area contributed by atoms with Crippen LogP contribution in [0.3, 0.4) is 0 Å². The molecule has 0 spiro atoms. The number of ketones is 1. The molecule has 0 bridgehead atoms. The fourth-order valence-corrected chi connectivity index (χ4v) is 2.13. The molecular weight excluding hydrogens is 204 g/mol. The first kappa shape index (κ1) is 13.0. The second-order valence-corrected chi connectivity index (χ2v) is 4.93. The van der Waals surface area contributed by atoms with E-state index in [-0.39, 0.29) is 29.8 Å². The highest BCUT2D eigenvalue weighted by molar-refractivity contribution is 5.78. The smallest absolute Gasteiger partial charge is 0.315 e. The summed E-state index contributed by atoms with van der Waals surface area (Å²) >= 11 is 0. The highest BCUT2D eigenvalue weighted by atomic mass is 16.2. The normalized spacial score (nSPS) is 25.2. The second-order valence-electron chi connectivity index (χ2n) is 4.93. The third kappa shape index (κ3) is 4.21. The lowest BCUT2D eigenvalue weighted by Gasteiger charge is -2.28. The van der Waals surface area contributed by atoms with Crippen molar-refractivity contribution < 1.29 is 9.59 Å². The number of nitrogens with one attached hydrogen (secondary N) is 2. The van der Waals surface area contributed by atoms with Gasteiger partial charge in [-0.15, -0.1) is 0 Å². The lowest BCUT2D eigenvalue weighted by molar-refractivity contribution is -0.121. The Morgan fingerprint density at radius 1 is 1.12 bits per heavy atom. The van der Waals surface area contributed by atoms with E-state index in [2.05, 4.69) is 10.6 Å². The number of carbonyl (C=O) groups is 2. The molecular formula is C12H22N2O2. The number of hydrogen-bond donors (Lipinski definition) is 2. The molecule has 2 amide bonds. The highest BCUT2D eigenvalue weighted by Crippen LogP contribution is 2.24. The fraction of sp³-hybridized carbons (Fsp3) is 0.833. The third-order valence-electron chi connectivity index (χ3n) is 3.06. The third-order valence-corrected chi connectivity index (χ3v) is 3.06. The van der Waals surface area contributed by atoms with Gasteiger partial charge in [0.05, 0.1) is 0 Å².